The van der Waals surface area contributed by atoms with E-state index in [0.717, 1.165) is 6.42 Å². The predicted molar refractivity (Wildman–Crippen MR) is 37.6 cm³/mol. The Bertz CT molecular complexity index is 68.1. The SMILES string of the molecule is CCOC(O)C(Cl)CC. The summed E-state index contributed by atoms with van der Waals surface area (Å²) in [5, 5.41) is 8.69. The summed E-state index contributed by atoms with van der Waals surface area (Å²) < 4.78 is 4.82. The van der Waals surface area contributed by atoms with Gasteiger partial charge in [0.05, 0.1) is 5.38 Å². The second kappa shape index (κ2) is 5.03. The Morgan fingerprint density at radius 1 is 1.56 bits per heavy atom. The average Bonchev–Trinajstić information content (AvgIpc) is 1.87. The minimum absolute atomic E-state index is 0.273. The van der Waals surface area contributed by atoms with Gasteiger partial charge in [0.15, 0.2) is 6.29 Å². The molecule has 2 nitrogen and oxygen atoms in total. The summed E-state index contributed by atoms with van der Waals surface area (Å²) >= 11 is 5.62. The van der Waals surface area contributed by atoms with E-state index in [1.807, 2.05) is 13.8 Å². The Balaban J connectivity index is 3.32. The Morgan fingerprint density at radius 2 is 2.11 bits per heavy atom. The lowest BCUT2D eigenvalue weighted by Crippen LogP contribution is -2.23. The van der Waals surface area contributed by atoms with Crippen LogP contribution in [-0.2, 0) is 4.74 Å². The van der Waals surface area contributed by atoms with Gasteiger partial charge in [-0.1, -0.05) is 6.92 Å². The molecule has 0 aliphatic carbocycles. The van der Waals surface area contributed by atoms with Crippen molar-refractivity contribution in [1.29, 1.82) is 0 Å². The summed E-state index contributed by atoms with van der Waals surface area (Å²) in [4.78, 5) is 0. The van der Waals surface area contributed by atoms with E-state index in [1.54, 1.807) is 0 Å². The molecule has 0 rings (SSSR count). The molecule has 0 saturated heterocycles. The molecule has 0 bridgehead atoms. The molecule has 0 saturated carbocycles. The van der Waals surface area contributed by atoms with Gasteiger partial charge in [-0.3, -0.25) is 0 Å². The fourth-order valence-corrected chi connectivity index (χ4v) is 0.550. The standard InChI is InChI=1S/C6H13ClO2/c1-3-5(7)6(8)9-4-2/h5-6,8H,3-4H2,1-2H3. The van der Waals surface area contributed by atoms with Crippen LogP contribution in [0.5, 0.6) is 0 Å². The third kappa shape index (κ3) is 3.73. The number of aliphatic hydroxyl groups excluding tert-OH is 1. The van der Waals surface area contributed by atoms with Gasteiger partial charge in [0, 0.05) is 6.61 Å². The van der Waals surface area contributed by atoms with Crippen LogP contribution in [0, 0.1) is 0 Å². The molecule has 0 radical (unpaired) electrons. The lowest BCUT2D eigenvalue weighted by molar-refractivity contribution is -0.0956. The van der Waals surface area contributed by atoms with Crippen LogP contribution in [0.1, 0.15) is 20.3 Å². The smallest absolute Gasteiger partial charge is 0.170 e. The third-order valence-electron chi connectivity index (χ3n) is 1.04. The largest absolute Gasteiger partial charge is 0.367 e. The molecule has 0 aliphatic rings. The molecule has 0 heterocycles. The van der Waals surface area contributed by atoms with Gasteiger partial charge in [0.1, 0.15) is 0 Å². The lowest BCUT2D eigenvalue weighted by Gasteiger charge is -2.13. The van der Waals surface area contributed by atoms with E-state index in [9.17, 15) is 0 Å². The van der Waals surface area contributed by atoms with E-state index in [-0.39, 0.29) is 5.38 Å². The zero-order valence-corrected chi connectivity index (χ0v) is 6.56. The van der Waals surface area contributed by atoms with Gasteiger partial charge >= 0.3 is 0 Å². The average molecular weight is 153 g/mol. The van der Waals surface area contributed by atoms with Gasteiger partial charge in [-0.15, -0.1) is 11.6 Å². The van der Waals surface area contributed by atoms with Crippen LogP contribution in [0.3, 0.4) is 0 Å². The van der Waals surface area contributed by atoms with Crippen LogP contribution < -0.4 is 0 Å². The molecule has 2 atom stereocenters. The molecule has 0 fully saturated rings. The maximum Gasteiger partial charge on any atom is 0.170 e. The highest BCUT2D eigenvalue weighted by atomic mass is 35.5. The molecule has 0 aromatic heterocycles. The monoisotopic (exact) mass is 152 g/mol. The van der Waals surface area contributed by atoms with Gasteiger partial charge in [0.2, 0.25) is 0 Å². The molecule has 0 aromatic rings. The summed E-state index contributed by atoms with van der Waals surface area (Å²) in [5.74, 6) is 0. The molecular formula is C6H13ClO2. The van der Waals surface area contributed by atoms with Crippen molar-refractivity contribution in [3.8, 4) is 0 Å². The summed E-state index contributed by atoms with van der Waals surface area (Å²) in [6, 6.07) is 0. The quantitative estimate of drug-likeness (QED) is 0.487. The molecule has 1 N–H and O–H groups in total. The number of halogens is 1. The Labute approximate surface area is 60.8 Å². The number of rotatable bonds is 4. The van der Waals surface area contributed by atoms with E-state index in [0.29, 0.717) is 6.61 Å². The first kappa shape index (κ1) is 9.21. The molecular weight excluding hydrogens is 140 g/mol. The first-order valence-electron chi connectivity index (χ1n) is 3.16. The van der Waals surface area contributed by atoms with Crippen LogP contribution in [0.25, 0.3) is 0 Å². The van der Waals surface area contributed by atoms with Crippen molar-refractivity contribution >= 4 is 11.6 Å². The van der Waals surface area contributed by atoms with Crippen molar-refractivity contribution in [3.05, 3.63) is 0 Å². The first-order chi connectivity index (χ1) is 4.22. The molecule has 0 aliphatic heterocycles. The Kier molecular flexibility index (Phi) is 5.15. The van der Waals surface area contributed by atoms with E-state index in [1.165, 1.54) is 0 Å². The highest BCUT2D eigenvalue weighted by molar-refractivity contribution is 6.20. The van der Waals surface area contributed by atoms with Gasteiger partial charge in [0.25, 0.3) is 0 Å². The van der Waals surface area contributed by atoms with E-state index in [2.05, 4.69) is 0 Å². The van der Waals surface area contributed by atoms with Gasteiger partial charge < -0.3 is 9.84 Å². The molecule has 3 heteroatoms. The van der Waals surface area contributed by atoms with Crippen LogP contribution in [0.15, 0.2) is 0 Å². The molecule has 0 amide bonds. The fraction of sp³-hybridized carbons (Fsp3) is 1.00. The maximum atomic E-state index is 8.96. The normalized spacial score (nSPS) is 17.3. The van der Waals surface area contributed by atoms with Crippen LogP contribution in [-0.4, -0.2) is 23.4 Å². The minimum atomic E-state index is -0.804. The zero-order chi connectivity index (χ0) is 7.28. The fourth-order valence-electron chi connectivity index (χ4n) is 0.477. The molecule has 0 spiro atoms. The van der Waals surface area contributed by atoms with Crippen LogP contribution >= 0.6 is 11.6 Å². The predicted octanol–water partition coefficient (Wildman–Crippen LogP) is 1.36. The zero-order valence-electron chi connectivity index (χ0n) is 5.80. The van der Waals surface area contributed by atoms with E-state index >= 15 is 0 Å². The van der Waals surface area contributed by atoms with Gasteiger partial charge in [-0.05, 0) is 13.3 Å². The van der Waals surface area contributed by atoms with Crippen molar-refractivity contribution in [2.75, 3.05) is 6.61 Å². The first-order valence-corrected chi connectivity index (χ1v) is 3.59. The van der Waals surface area contributed by atoms with Crippen molar-refractivity contribution in [1.82, 2.24) is 0 Å². The summed E-state index contributed by atoms with van der Waals surface area (Å²) in [5.41, 5.74) is 0. The van der Waals surface area contributed by atoms with Crippen molar-refractivity contribution in [3.63, 3.8) is 0 Å². The maximum absolute atomic E-state index is 8.96. The highest BCUT2D eigenvalue weighted by Gasteiger charge is 2.12. The number of hydrogen-bond acceptors (Lipinski definition) is 2. The molecule has 9 heavy (non-hydrogen) atoms. The topological polar surface area (TPSA) is 29.5 Å². The second-order valence-electron chi connectivity index (χ2n) is 1.77. The van der Waals surface area contributed by atoms with E-state index < -0.39 is 6.29 Å². The van der Waals surface area contributed by atoms with E-state index in [4.69, 9.17) is 21.4 Å². The summed E-state index contributed by atoms with van der Waals surface area (Å²) in [6.07, 6.45) is -0.0791. The summed E-state index contributed by atoms with van der Waals surface area (Å²) in [6.45, 7) is 4.23. The third-order valence-corrected chi connectivity index (χ3v) is 1.56. The number of ether oxygens (including phenoxy) is 1. The van der Waals surface area contributed by atoms with Crippen molar-refractivity contribution in [2.45, 2.75) is 31.9 Å². The van der Waals surface area contributed by atoms with Crippen LogP contribution in [0.4, 0.5) is 0 Å². The molecule has 56 valence electrons. The number of hydrogen-bond donors (Lipinski definition) is 1. The second-order valence-corrected chi connectivity index (χ2v) is 2.33. The Morgan fingerprint density at radius 3 is 2.44 bits per heavy atom. The molecule has 2 unspecified atom stereocenters. The van der Waals surface area contributed by atoms with Crippen LogP contribution in [0.2, 0.25) is 0 Å². The van der Waals surface area contributed by atoms with Gasteiger partial charge in [-0.25, -0.2) is 0 Å². The lowest BCUT2D eigenvalue weighted by atomic mass is 10.3. The number of alkyl halides is 1. The van der Waals surface area contributed by atoms with Gasteiger partial charge in [-0.2, -0.15) is 0 Å². The Hall–Kier alpha value is 0.210. The van der Waals surface area contributed by atoms with Crippen molar-refractivity contribution < 1.29 is 9.84 Å². The highest BCUT2D eigenvalue weighted by Crippen LogP contribution is 2.07. The molecule has 0 aromatic carbocycles. The minimum Gasteiger partial charge on any atom is -0.367 e. The number of aliphatic hydroxyl groups is 1. The van der Waals surface area contributed by atoms with Crippen molar-refractivity contribution in [2.24, 2.45) is 0 Å². The summed E-state index contributed by atoms with van der Waals surface area (Å²) in [7, 11) is 0.